The van der Waals surface area contributed by atoms with Crippen LogP contribution < -0.4 is 5.32 Å². The van der Waals surface area contributed by atoms with Crippen molar-refractivity contribution in [2.75, 3.05) is 53.6 Å². The molecule has 0 aromatic rings. The summed E-state index contributed by atoms with van der Waals surface area (Å²) in [5.41, 5.74) is 0. The van der Waals surface area contributed by atoms with Gasteiger partial charge in [-0.15, -0.1) is 12.4 Å². The minimum Gasteiger partial charge on any atom is -0.382 e. The van der Waals surface area contributed by atoms with Gasteiger partial charge < -0.3 is 14.8 Å². The van der Waals surface area contributed by atoms with Gasteiger partial charge in [-0.1, -0.05) is 0 Å². The SMILES string of the molecule is COCCOCCN(C)C1CCNC1.Cl. The fourth-order valence-electron chi connectivity index (χ4n) is 1.65. The molecule has 0 aromatic carbocycles. The predicted octanol–water partition coefficient (Wildman–Crippen LogP) is 0.365. The Balaban J connectivity index is 0.00000196. The van der Waals surface area contributed by atoms with Crippen LogP contribution in [-0.4, -0.2) is 64.6 Å². The molecule has 1 fully saturated rings. The molecule has 1 unspecified atom stereocenters. The van der Waals surface area contributed by atoms with Crippen LogP contribution in [0.15, 0.2) is 0 Å². The van der Waals surface area contributed by atoms with Crippen molar-refractivity contribution >= 4 is 12.4 Å². The van der Waals surface area contributed by atoms with E-state index in [1.807, 2.05) is 0 Å². The Kier molecular flexibility index (Phi) is 9.44. The molecule has 0 aliphatic carbocycles. The number of hydrogen-bond acceptors (Lipinski definition) is 4. The number of nitrogens with zero attached hydrogens (tertiary/aromatic N) is 1. The molecule has 1 aliphatic rings. The maximum absolute atomic E-state index is 5.42. The summed E-state index contributed by atoms with van der Waals surface area (Å²) in [6, 6.07) is 0.695. The Labute approximate surface area is 98.7 Å². The van der Waals surface area contributed by atoms with E-state index in [4.69, 9.17) is 9.47 Å². The zero-order chi connectivity index (χ0) is 10.2. The normalized spacial score (nSPS) is 20.6. The van der Waals surface area contributed by atoms with E-state index in [2.05, 4.69) is 17.3 Å². The number of likely N-dealkylation sites (N-methyl/N-ethyl adjacent to an activating group) is 1. The molecule has 0 spiro atoms. The molecule has 92 valence electrons. The zero-order valence-corrected chi connectivity index (χ0v) is 10.5. The standard InChI is InChI=1S/C10H22N2O2.ClH/c1-12(10-3-4-11-9-10)5-6-14-8-7-13-2;/h10-11H,3-9H2,1-2H3;1H. The average molecular weight is 239 g/mol. The molecular formula is C10H23ClN2O2. The third kappa shape index (κ3) is 6.33. The average Bonchev–Trinajstić information content (AvgIpc) is 2.70. The van der Waals surface area contributed by atoms with E-state index >= 15 is 0 Å². The molecule has 0 saturated carbocycles. The molecule has 1 saturated heterocycles. The highest BCUT2D eigenvalue weighted by atomic mass is 35.5. The molecule has 15 heavy (non-hydrogen) atoms. The summed E-state index contributed by atoms with van der Waals surface area (Å²) in [6.45, 7) is 5.47. The van der Waals surface area contributed by atoms with E-state index in [9.17, 15) is 0 Å². The van der Waals surface area contributed by atoms with Crippen molar-refractivity contribution in [2.45, 2.75) is 12.5 Å². The smallest absolute Gasteiger partial charge is 0.0700 e. The first-order chi connectivity index (χ1) is 6.84. The van der Waals surface area contributed by atoms with Gasteiger partial charge in [0, 0.05) is 26.2 Å². The van der Waals surface area contributed by atoms with E-state index in [0.717, 1.165) is 26.2 Å². The first-order valence-electron chi connectivity index (χ1n) is 5.32. The topological polar surface area (TPSA) is 33.7 Å². The molecule has 1 N–H and O–H groups in total. The second-order valence-electron chi connectivity index (χ2n) is 3.73. The first kappa shape index (κ1) is 15.1. The van der Waals surface area contributed by atoms with Crippen LogP contribution in [0.5, 0.6) is 0 Å². The summed E-state index contributed by atoms with van der Waals surface area (Å²) in [7, 11) is 3.86. The summed E-state index contributed by atoms with van der Waals surface area (Å²) < 4.78 is 10.3. The fourth-order valence-corrected chi connectivity index (χ4v) is 1.65. The van der Waals surface area contributed by atoms with Crippen molar-refractivity contribution in [3.8, 4) is 0 Å². The summed E-state index contributed by atoms with van der Waals surface area (Å²) in [5.74, 6) is 0. The van der Waals surface area contributed by atoms with Gasteiger partial charge in [0.25, 0.3) is 0 Å². The Morgan fingerprint density at radius 1 is 1.33 bits per heavy atom. The minimum absolute atomic E-state index is 0. The van der Waals surface area contributed by atoms with Crippen molar-refractivity contribution < 1.29 is 9.47 Å². The molecule has 1 aliphatic heterocycles. The molecular weight excluding hydrogens is 216 g/mol. The summed E-state index contributed by atoms with van der Waals surface area (Å²) in [4.78, 5) is 2.37. The maximum Gasteiger partial charge on any atom is 0.0700 e. The van der Waals surface area contributed by atoms with E-state index in [0.29, 0.717) is 19.3 Å². The molecule has 1 heterocycles. The van der Waals surface area contributed by atoms with E-state index in [-0.39, 0.29) is 12.4 Å². The molecule has 4 nitrogen and oxygen atoms in total. The van der Waals surface area contributed by atoms with Crippen molar-refractivity contribution in [1.29, 1.82) is 0 Å². The molecule has 0 radical (unpaired) electrons. The van der Waals surface area contributed by atoms with Crippen molar-refractivity contribution in [3.63, 3.8) is 0 Å². The van der Waals surface area contributed by atoms with Gasteiger partial charge in [-0.2, -0.15) is 0 Å². The van der Waals surface area contributed by atoms with Crippen molar-refractivity contribution in [2.24, 2.45) is 0 Å². The number of nitrogens with one attached hydrogen (secondary N) is 1. The van der Waals surface area contributed by atoms with Gasteiger partial charge in [-0.05, 0) is 20.0 Å². The van der Waals surface area contributed by atoms with Crippen LogP contribution in [-0.2, 0) is 9.47 Å². The number of hydrogen-bond donors (Lipinski definition) is 1. The van der Waals surface area contributed by atoms with Crippen LogP contribution in [0.25, 0.3) is 0 Å². The number of ether oxygens (including phenoxy) is 2. The molecule has 0 amide bonds. The summed E-state index contributed by atoms with van der Waals surface area (Å²) >= 11 is 0. The monoisotopic (exact) mass is 238 g/mol. The Hall–Kier alpha value is 0.130. The highest BCUT2D eigenvalue weighted by Gasteiger charge is 2.18. The third-order valence-corrected chi connectivity index (χ3v) is 2.68. The van der Waals surface area contributed by atoms with E-state index in [1.165, 1.54) is 6.42 Å². The van der Waals surface area contributed by atoms with Gasteiger partial charge in [0.05, 0.1) is 19.8 Å². The van der Waals surface area contributed by atoms with Gasteiger partial charge >= 0.3 is 0 Å². The maximum atomic E-state index is 5.42. The minimum atomic E-state index is 0. The quantitative estimate of drug-likeness (QED) is 0.650. The molecule has 1 atom stereocenters. The fraction of sp³-hybridized carbons (Fsp3) is 1.00. The third-order valence-electron chi connectivity index (χ3n) is 2.68. The lowest BCUT2D eigenvalue weighted by Gasteiger charge is -2.23. The van der Waals surface area contributed by atoms with Gasteiger partial charge in [0.2, 0.25) is 0 Å². The molecule has 5 heteroatoms. The highest BCUT2D eigenvalue weighted by molar-refractivity contribution is 5.85. The van der Waals surface area contributed by atoms with Gasteiger partial charge in [0.1, 0.15) is 0 Å². The lowest BCUT2D eigenvalue weighted by molar-refractivity contribution is 0.0560. The van der Waals surface area contributed by atoms with Crippen LogP contribution in [0.2, 0.25) is 0 Å². The highest BCUT2D eigenvalue weighted by Crippen LogP contribution is 2.04. The van der Waals surface area contributed by atoms with Crippen LogP contribution >= 0.6 is 12.4 Å². The summed E-state index contributed by atoms with van der Waals surface area (Å²) in [6.07, 6.45) is 1.26. The van der Waals surface area contributed by atoms with Crippen molar-refractivity contribution in [3.05, 3.63) is 0 Å². The Morgan fingerprint density at radius 2 is 2.13 bits per heavy atom. The van der Waals surface area contributed by atoms with Crippen LogP contribution in [0.4, 0.5) is 0 Å². The predicted molar refractivity (Wildman–Crippen MR) is 63.8 cm³/mol. The second kappa shape index (κ2) is 9.36. The van der Waals surface area contributed by atoms with Crippen LogP contribution in [0.1, 0.15) is 6.42 Å². The van der Waals surface area contributed by atoms with Crippen LogP contribution in [0.3, 0.4) is 0 Å². The van der Waals surface area contributed by atoms with E-state index < -0.39 is 0 Å². The van der Waals surface area contributed by atoms with Gasteiger partial charge in [0.15, 0.2) is 0 Å². The van der Waals surface area contributed by atoms with E-state index in [1.54, 1.807) is 7.11 Å². The molecule has 1 rings (SSSR count). The van der Waals surface area contributed by atoms with Gasteiger partial charge in [-0.25, -0.2) is 0 Å². The number of rotatable bonds is 7. The lowest BCUT2D eigenvalue weighted by atomic mass is 10.2. The molecule has 0 bridgehead atoms. The van der Waals surface area contributed by atoms with Gasteiger partial charge in [-0.3, -0.25) is 4.90 Å². The summed E-state index contributed by atoms with van der Waals surface area (Å²) in [5, 5.41) is 3.36. The lowest BCUT2D eigenvalue weighted by Crippen LogP contribution is -2.35. The first-order valence-corrected chi connectivity index (χ1v) is 5.32. The largest absolute Gasteiger partial charge is 0.382 e. The zero-order valence-electron chi connectivity index (χ0n) is 9.70. The Morgan fingerprint density at radius 3 is 2.73 bits per heavy atom. The Bertz CT molecular complexity index is 143. The number of methoxy groups -OCH3 is 1. The second-order valence-corrected chi connectivity index (χ2v) is 3.73. The number of halogens is 1. The van der Waals surface area contributed by atoms with Crippen LogP contribution in [0, 0.1) is 0 Å². The molecule has 0 aromatic heterocycles. The van der Waals surface area contributed by atoms with Crippen molar-refractivity contribution in [1.82, 2.24) is 10.2 Å².